The Kier molecular flexibility index (Phi) is 3.34. The Hall–Kier alpha value is -1.54. The zero-order valence-corrected chi connectivity index (χ0v) is 10.8. The van der Waals surface area contributed by atoms with E-state index in [1.165, 1.54) is 5.56 Å². The molecule has 0 unspecified atom stereocenters. The average Bonchev–Trinajstić information content (AvgIpc) is 2.29. The summed E-state index contributed by atoms with van der Waals surface area (Å²) in [4.78, 5) is 13.1. The number of thiol groups is 1. The van der Waals surface area contributed by atoms with Crippen molar-refractivity contribution in [2.75, 3.05) is 0 Å². The summed E-state index contributed by atoms with van der Waals surface area (Å²) in [7, 11) is 0. The fraction of sp³-hybridized carbons (Fsp3) is 0.133. The summed E-state index contributed by atoms with van der Waals surface area (Å²) in [6.07, 6.45) is 0. The molecule has 0 amide bonds. The van der Waals surface area contributed by atoms with E-state index in [-0.39, 0.29) is 5.78 Å². The Morgan fingerprint density at radius 1 is 1.00 bits per heavy atom. The molecule has 0 saturated carbocycles. The highest BCUT2D eigenvalue weighted by atomic mass is 32.1. The van der Waals surface area contributed by atoms with E-state index in [0.29, 0.717) is 5.56 Å². The quantitative estimate of drug-likeness (QED) is 0.625. The van der Waals surface area contributed by atoms with Gasteiger partial charge in [0.1, 0.15) is 0 Å². The van der Waals surface area contributed by atoms with Crippen molar-refractivity contribution < 1.29 is 4.79 Å². The molecule has 2 heteroatoms. The molecule has 2 aromatic carbocycles. The molecule has 17 heavy (non-hydrogen) atoms. The van der Waals surface area contributed by atoms with E-state index in [9.17, 15) is 4.79 Å². The highest BCUT2D eigenvalue weighted by molar-refractivity contribution is 7.80. The number of benzene rings is 2. The predicted molar refractivity (Wildman–Crippen MR) is 73.0 cm³/mol. The largest absolute Gasteiger partial charge is 0.289 e. The number of carbonyl (C=O) groups excluding carboxylic acids is 1. The molecule has 2 rings (SSSR count). The summed E-state index contributed by atoms with van der Waals surface area (Å²) in [5, 5.41) is 0. The number of hydrogen-bond donors (Lipinski definition) is 1. The van der Waals surface area contributed by atoms with Crippen molar-refractivity contribution in [2.45, 2.75) is 18.7 Å². The maximum atomic E-state index is 12.3. The fourth-order valence-electron chi connectivity index (χ4n) is 1.84. The van der Waals surface area contributed by atoms with E-state index in [1.54, 1.807) is 0 Å². The van der Waals surface area contributed by atoms with Crippen molar-refractivity contribution in [3.8, 4) is 0 Å². The van der Waals surface area contributed by atoms with Crippen molar-refractivity contribution in [2.24, 2.45) is 0 Å². The SMILES string of the molecule is Cc1ccc(C(=O)c2ccc(S)cc2)c(C)c1. The predicted octanol–water partition coefficient (Wildman–Crippen LogP) is 3.82. The van der Waals surface area contributed by atoms with Gasteiger partial charge in [0.2, 0.25) is 0 Å². The fourth-order valence-corrected chi connectivity index (χ4v) is 1.99. The molecule has 0 aliphatic rings. The molecule has 0 fully saturated rings. The normalized spacial score (nSPS) is 10.3. The van der Waals surface area contributed by atoms with Gasteiger partial charge in [-0.15, -0.1) is 12.6 Å². The average molecular weight is 242 g/mol. The summed E-state index contributed by atoms with van der Waals surface area (Å²) >= 11 is 4.21. The Bertz CT molecular complexity index is 556. The number of hydrogen-bond acceptors (Lipinski definition) is 2. The first-order valence-corrected chi connectivity index (χ1v) is 5.93. The van der Waals surface area contributed by atoms with Crippen LogP contribution in [0, 0.1) is 13.8 Å². The molecule has 0 aliphatic heterocycles. The first kappa shape index (κ1) is 11.9. The third-order valence-electron chi connectivity index (χ3n) is 2.76. The van der Waals surface area contributed by atoms with Crippen molar-refractivity contribution in [3.63, 3.8) is 0 Å². The number of aryl methyl sites for hydroxylation is 2. The van der Waals surface area contributed by atoms with Gasteiger partial charge in [0.25, 0.3) is 0 Å². The maximum absolute atomic E-state index is 12.3. The Morgan fingerprint density at radius 3 is 2.24 bits per heavy atom. The van der Waals surface area contributed by atoms with Crippen LogP contribution in [-0.4, -0.2) is 5.78 Å². The topological polar surface area (TPSA) is 17.1 Å². The van der Waals surface area contributed by atoms with Crippen molar-refractivity contribution in [3.05, 3.63) is 64.7 Å². The van der Waals surface area contributed by atoms with Gasteiger partial charge in [0.05, 0.1) is 0 Å². The number of carbonyl (C=O) groups is 1. The van der Waals surface area contributed by atoms with Gasteiger partial charge in [-0.3, -0.25) is 4.79 Å². The van der Waals surface area contributed by atoms with Crippen LogP contribution in [0.5, 0.6) is 0 Å². The molecule has 0 heterocycles. The highest BCUT2D eigenvalue weighted by Gasteiger charge is 2.11. The maximum Gasteiger partial charge on any atom is 0.193 e. The summed E-state index contributed by atoms with van der Waals surface area (Å²) in [6.45, 7) is 3.99. The van der Waals surface area contributed by atoms with Gasteiger partial charge in [-0.05, 0) is 43.7 Å². The van der Waals surface area contributed by atoms with Gasteiger partial charge < -0.3 is 0 Å². The van der Waals surface area contributed by atoms with E-state index in [2.05, 4.69) is 12.6 Å². The molecule has 0 radical (unpaired) electrons. The molecule has 2 aromatic rings. The molecule has 1 nitrogen and oxygen atoms in total. The molecule has 0 atom stereocenters. The first-order valence-electron chi connectivity index (χ1n) is 5.49. The molecule has 0 bridgehead atoms. The van der Waals surface area contributed by atoms with Crippen LogP contribution in [-0.2, 0) is 0 Å². The zero-order chi connectivity index (χ0) is 12.4. The minimum atomic E-state index is 0.0656. The second-order valence-corrected chi connectivity index (χ2v) is 4.71. The smallest absolute Gasteiger partial charge is 0.193 e. The summed E-state index contributed by atoms with van der Waals surface area (Å²) < 4.78 is 0. The van der Waals surface area contributed by atoms with Crippen LogP contribution in [0.3, 0.4) is 0 Å². The first-order chi connectivity index (χ1) is 8.08. The lowest BCUT2D eigenvalue weighted by molar-refractivity contribution is 0.103. The van der Waals surface area contributed by atoms with E-state index < -0.39 is 0 Å². The third kappa shape index (κ3) is 2.59. The summed E-state index contributed by atoms with van der Waals surface area (Å²) in [5.74, 6) is 0.0656. The van der Waals surface area contributed by atoms with Gasteiger partial charge in [0, 0.05) is 16.0 Å². The monoisotopic (exact) mass is 242 g/mol. The second-order valence-electron chi connectivity index (χ2n) is 4.19. The number of ketones is 1. The van der Waals surface area contributed by atoms with Gasteiger partial charge >= 0.3 is 0 Å². The van der Waals surface area contributed by atoms with Crippen LogP contribution in [0.25, 0.3) is 0 Å². The number of rotatable bonds is 2. The molecule has 0 aromatic heterocycles. The van der Waals surface area contributed by atoms with E-state index >= 15 is 0 Å². The molecule has 86 valence electrons. The van der Waals surface area contributed by atoms with Crippen molar-refractivity contribution in [1.82, 2.24) is 0 Å². The summed E-state index contributed by atoms with van der Waals surface area (Å²) in [6, 6.07) is 13.2. The Morgan fingerprint density at radius 2 is 1.65 bits per heavy atom. The molecular formula is C15H14OS. The van der Waals surface area contributed by atoms with Crippen LogP contribution in [0.4, 0.5) is 0 Å². The minimum absolute atomic E-state index is 0.0656. The van der Waals surface area contributed by atoms with Crippen LogP contribution in [0.15, 0.2) is 47.4 Å². The van der Waals surface area contributed by atoms with Gasteiger partial charge in [-0.25, -0.2) is 0 Å². The standard InChI is InChI=1S/C15H14OS/c1-10-3-8-14(11(2)9-10)15(16)12-4-6-13(17)7-5-12/h3-9,17H,1-2H3. The van der Waals surface area contributed by atoms with Gasteiger partial charge in [-0.1, -0.05) is 23.8 Å². The Labute approximate surface area is 107 Å². The molecule has 0 spiro atoms. The van der Waals surface area contributed by atoms with Crippen LogP contribution in [0.2, 0.25) is 0 Å². The highest BCUT2D eigenvalue weighted by Crippen LogP contribution is 2.17. The minimum Gasteiger partial charge on any atom is -0.289 e. The van der Waals surface area contributed by atoms with Crippen LogP contribution in [0.1, 0.15) is 27.0 Å². The molecule has 0 saturated heterocycles. The molecule has 0 aliphatic carbocycles. The lowest BCUT2D eigenvalue weighted by Gasteiger charge is -2.06. The summed E-state index contributed by atoms with van der Waals surface area (Å²) in [5.41, 5.74) is 3.66. The lowest BCUT2D eigenvalue weighted by atomic mass is 9.98. The Balaban J connectivity index is 2.40. The van der Waals surface area contributed by atoms with Crippen LogP contribution >= 0.6 is 12.6 Å². The third-order valence-corrected chi connectivity index (χ3v) is 3.05. The van der Waals surface area contributed by atoms with Crippen molar-refractivity contribution in [1.29, 1.82) is 0 Å². The van der Waals surface area contributed by atoms with E-state index in [0.717, 1.165) is 16.0 Å². The van der Waals surface area contributed by atoms with Gasteiger partial charge in [-0.2, -0.15) is 0 Å². The lowest BCUT2D eigenvalue weighted by Crippen LogP contribution is -2.03. The van der Waals surface area contributed by atoms with Gasteiger partial charge in [0.15, 0.2) is 5.78 Å². The second kappa shape index (κ2) is 4.76. The van der Waals surface area contributed by atoms with E-state index in [1.807, 2.05) is 56.3 Å². The zero-order valence-electron chi connectivity index (χ0n) is 9.90. The molecule has 0 N–H and O–H groups in total. The van der Waals surface area contributed by atoms with Crippen LogP contribution < -0.4 is 0 Å². The molecular weight excluding hydrogens is 228 g/mol. The van der Waals surface area contributed by atoms with Crippen molar-refractivity contribution >= 4 is 18.4 Å². The van der Waals surface area contributed by atoms with E-state index in [4.69, 9.17) is 0 Å².